The van der Waals surface area contributed by atoms with Crippen LogP contribution in [0.5, 0.6) is 0 Å². The van der Waals surface area contributed by atoms with Gasteiger partial charge in [-0.05, 0) is 43.0 Å². The summed E-state index contributed by atoms with van der Waals surface area (Å²) < 4.78 is 18.2. The maximum Gasteiger partial charge on any atom is 0.123 e. The smallest absolute Gasteiger partial charge is 0.123 e. The second-order valence-electron chi connectivity index (χ2n) is 3.89. The highest BCUT2D eigenvalue weighted by Crippen LogP contribution is 2.18. The number of hydrogen-bond donors (Lipinski definition) is 1. The molecule has 90 valence electrons. The zero-order valence-corrected chi connectivity index (χ0v) is 9.79. The van der Waals surface area contributed by atoms with Gasteiger partial charge in [0, 0.05) is 13.2 Å². The number of hydrogen-bond acceptors (Lipinski definition) is 2. The van der Waals surface area contributed by atoms with Gasteiger partial charge in [0.25, 0.3) is 0 Å². The Hall–Kier alpha value is -0.930. The SMILES string of the molecule is CCCOCCC(CN)c1ccc(F)cc1. The van der Waals surface area contributed by atoms with Gasteiger partial charge < -0.3 is 10.5 Å². The van der Waals surface area contributed by atoms with Crippen molar-refractivity contribution >= 4 is 0 Å². The largest absolute Gasteiger partial charge is 0.381 e. The van der Waals surface area contributed by atoms with E-state index in [9.17, 15) is 4.39 Å². The van der Waals surface area contributed by atoms with Gasteiger partial charge in [0.05, 0.1) is 0 Å². The highest BCUT2D eigenvalue weighted by atomic mass is 19.1. The first-order valence-electron chi connectivity index (χ1n) is 5.81. The second kappa shape index (κ2) is 7.36. The molecule has 1 aromatic carbocycles. The molecule has 0 amide bonds. The lowest BCUT2D eigenvalue weighted by Crippen LogP contribution is -2.15. The Morgan fingerprint density at radius 2 is 1.94 bits per heavy atom. The predicted molar refractivity (Wildman–Crippen MR) is 63.9 cm³/mol. The summed E-state index contributed by atoms with van der Waals surface area (Å²) in [6.45, 7) is 4.16. The molecule has 2 N–H and O–H groups in total. The molecule has 2 nitrogen and oxygen atoms in total. The molecule has 0 spiro atoms. The van der Waals surface area contributed by atoms with Crippen LogP contribution in [-0.2, 0) is 4.74 Å². The van der Waals surface area contributed by atoms with Crippen molar-refractivity contribution in [2.75, 3.05) is 19.8 Å². The standard InChI is InChI=1S/C13H20FNO/c1-2-8-16-9-7-12(10-15)11-3-5-13(14)6-4-11/h3-6,12H,2,7-10,15H2,1H3. The maximum atomic E-state index is 12.8. The van der Waals surface area contributed by atoms with Crippen LogP contribution in [0, 0.1) is 5.82 Å². The van der Waals surface area contributed by atoms with E-state index in [4.69, 9.17) is 10.5 Å². The van der Waals surface area contributed by atoms with Gasteiger partial charge in [0.15, 0.2) is 0 Å². The van der Waals surface area contributed by atoms with Crippen LogP contribution in [-0.4, -0.2) is 19.8 Å². The zero-order valence-electron chi connectivity index (χ0n) is 9.79. The van der Waals surface area contributed by atoms with Crippen molar-refractivity contribution in [3.63, 3.8) is 0 Å². The second-order valence-corrected chi connectivity index (χ2v) is 3.89. The monoisotopic (exact) mass is 225 g/mol. The normalized spacial score (nSPS) is 12.7. The summed E-state index contributed by atoms with van der Waals surface area (Å²) in [7, 11) is 0. The van der Waals surface area contributed by atoms with E-state index in [-0.39, 0.29) is 11.7 Å². The van der Waals surface area contributed by atoms with Gasteiger partial charge in [-0.1, -0.05) is 19.1 Å². The van der Waals surface area contributed by atoms with Gasteiger partial charge >= 0.3 is 0 Å². The molecule has 1 atom stereocenters. The molecule has 3 heteroatoms. The van der Waals surface area contributed by atoms with Crippen molar-refractivity contribution in [1.82, 2.24) is 0 Å². The number of ether oxygens (including phenoxy) is 1. The van der Waals surface area contributed by atoms with Crippen LogP contribution in [0.25, 0.3) is 0 Å². The zero-order chi connectivity index (χ0) is 11.8. The van der Waals surface area contributed by atoms with Crippen molar-refractivity contribution in [1.29, 1.82) is 0 Å². The lowest BCUT2D eigenvalue weighted by atomic mass is 9.96. The number of rotatable bonds is 7. The average Bonchev–Trinajstić information content (AvgIpc) is 2.31. The van der Waals surface area contributed by atoms with E-state index in [1.54, 1.807) is 12.1 Å². The molecule has 1 unspecified atom stereocenters. The van der Waals surface area contributed by atoms with E-state index in [1.807, 2.05) is 0 Å². The molecule has 0 aliphatic carbocycles. The summed E-state index contributed by atoms with van der Waals surface area (Å²) in [5.41, 5.74) is 6.80. The fraction of sp³-hybridized carbons (Fsp3) is 0.538. The van der Waals surface area contributed by atoms with Gasteiger partial charge in [-0.15, -0.1) is 0 Å². The van der Waals surface area contributed by atoms with Crippen LogP contribution in [0.2, 0.25) is 0 Å². The van der Waals surface area contributed by atoms with Crippen LogP contribution in [0.3, 0.4) is 0 Å². The molecule has 0 aliphatic heterocycles. The Morgan fingerprint density at radius 1 is 1.25 bits per heavy atom. The molecule has 0 saturated carbocycles. The summed E-state index contributed by atoms with van der Waals surface area (Å²) in [6, 6.07) is 6.55. The highest BCUT2D eigenvalue weighted by Gasteiger charge is 2.09. The Bertz CT molecular complexity index is 286. The summed E-state index contributed by atoms with van der Waals surface area (Å²) >= 11 is 0. The Labute approximate surface area is 96.6 Å². The average molecular weight is 225 g/mol. The third-order valence-electron chi connectivity index (χ3n) is 2.59. The summed E-state index contributed by atoms with van der Waals surface area (Å²) in [5, 5.41) is 0. The topological polar surface area (TPSA) is 35.2 Å². The molecular weight excluding hydrogens is 205 g/mol. The Balaban J connectivity index is 2.44. The molecule has 0 aromatic heterocycles. The van der Waals surface area contributed by atoms with Gasteiger partial charge in [0.1, 0.15) is 5.82 Å². The molecule has 0 saturated heterocycles. The molecule has 1 rings (SSSR count). The minimum Gasteiger partial charge on any atom is -0.381 e. The number of nitrogens with two attached hydrogens (primary N) is 1. The lowest BCUT2D eigenvalue weighted by Gasteiger charge is -2.15. The van der Waals surface area contributed by atoms with E-state index in [1.165, 1.54) is 12.1 Å². The van der Waals surface area contributed by atoms with Gasteiger partial charge in [0.2, 0.25) is 0 Å². The van der Waals surface area contributed by atoms with Crippen LogP contribution in [0.1, 0.15) is 31.2 Å². The maximum absolute atomic E-state index is 12.8. The minimum atomic E-state index is -0.207. The first-order chi connectivity index (χ1) is 7.77. The summed E-state index contributed by atoms with van der Waals surface area (Å²) in [6.07, 6.45) is 1.92. The van der Waals surface area contributed by atoms with E-state index in [2.05, 4.69) is 6.92 Å². The van der Waals surface area contributed by atoms with Crippen LogP contribution in [0.15, 0.2) is 24.3 Å². The van der Waals surface area contributed by atoms with E-state index in [0.29, 0.717) is 13.2 Å². The fourth-order valence-electron chi connectivity index (χ4n) is 1.63. The first kappa shape index (κ1) is 13.1. The quantitative estimate of drug-likeness (QED) is 0.724. The Kier molecular flexibility index (Phi) is 6.04. The van der Waals surface area contributed by atoms with Crippen molar-refractivity contribution in [2.45, 2.75) is 25.7 Å². The predicted octanol–water partition coefficient (Wildman–Crippen LogP) is 2.68. The van der Waals surface area contributed by atoms with Crippen molar-refractivity contribution in [3.05, 3.63) is 35.6 Å². The van der Waals surface area contributed by atoms with Crippen LogP contribution < -0.4 is 5.73 Å². The van der Waals surface area contributed by atoms with Crippen LogP contribution in [0.4, 0.5) is 4.39 Å². The Morgan fingerprint density at radius 3 is 2.50 bits per heavy atom. The fourth-order valence-corrected chi connectivity index (χ4v) is 1.63. The molecule has 0 bridgehead atoms. The summed E-state index contributed by atoms with van der Waals surface area (Å²) in [5.74, 6) is 0.0548. The third kappa shape index (κ3) is 4.29. The van der Waals surface area contributed by atoms with Gasteiger partial charge in [-0.3, -0.25) is 0 Å². The molecule has 0 fully saturated rings. The highest BCUT2D eigenvalue weighted by molar-refractivity contribution is 5.20. The van der Waals surface area contributed by atoms with Crippen molar-refractivity contribution in [2.24, 2.45) is 5.73 Å². The number of benzene rings is 1. The van der Waals surface area contributed by atoms with E-state index < -0.39 is 0 Å². The molecule has 0 aliphatic rings. The summed E-state index contributed by atoms with van der Waals surface area (Å²) in [4.78, 5) is 0. The lowest BCUT2D eigenvalue weighted by molar-refractivity contribution is 0.128. The first-order valence-corrected chi connectivity index (χ1v) is 5.81. The molecule has 0 heterocycles. The van der Waals surface area contributed by atoms with E-state index in [0.717, 1.165) is 25.0 Å². The van der Waals surface area contributed by atoms with Gasteiger partial charge in [-0.25, -0.2) is 4.39 Å². The number of halogens is 1. The van der Waals surface area contributed by atoms with E-state index >= 15 is 0 Å². The van der Waals surface area contributed by atoms with Crippen molar-refractivity contribution in [3.8, 4) is 0 Å². The molecule has 0 radical (unpaired) electrons. The molecule has 16 heavy (non-hydrogen) atoms. The third-order valence-corrected chi connectivity index (χ3v) is 2.59. The minimum absolute atomic E-state index is 0.207. The van der Waals surface area contributed by atoms with Crippen molar-refractivity contribution < 1.29 is 9.13 Å². The molecule has 1 aromatic rings. The molecular formula is C13H20FNO. The van der Waals surface area contributed by atoms with Gasteiger partial charge in [-0.2, -0.15) is 0 Å². The van der Waals surface area contributed by atoms with Crippen LogP contribution >= 0.6 is 0 Å².